The van der Waals surface area contributed by atoms with Gasteiger partial charge in [-0.05, 0) is 43.2 Å². The molecule has 0 unspecified atom stereocenters. The van der Waals surface area contributed by atoms with Crippen LogP contribution in [0.5, 0.6) is 0 Å². The Morgan fingerprint density at radius 1 is 1.26 bits per heavy atom. The van der Waals surface area contributed by atoms with Crippen molar-refractivity contribution in [3.63, 3.8) is 0 Å². The van der Waals surface area contributed by atoms with Gasteiger partial charge in [-0.3, -0.25) is 4.31 Å². The van der Waals surface area contributed by atoms with E-state index in [4.69, 9.17) is 5.11 Å². The summed E-state index contributed by atoms with van der Waals surface area (Å²) in [5, 5.41) is 8.98. The molecule has 0 radical (unpaired) electrons. The van der Waals surface area contributed by atoms with Crippen LogP contribution in [0.25, 0.3) is 0 Å². The first-order valence-corrected chi connectivity index (χ1v) is 8.41. The van der Waals surface area contributed by atoms with Gasteiger partial charge in [0.1, 0.15) is 5.82 Å². The second-order valence-electron chi connectivity index (χ2n) is 5.43. The fourth-order valence-corrected chi connectivity index (χ4v) is 4.57. The Kier molecular flexibility index (Phi) is 3.60. The molecule has 0 fully saturated rings. The van der Waals surface area contributed by atoms with E-state index in [9.17, 15) is 17.6 Å². The minimum Gasteiger partial charge on any atom is -0.478 e. The summed E-state index contributed by atoms with van der Waals surface area (Å²) >= 11 is 0. The number of hydrogen-bond acceptors (Lipinski definition) is 3. The molecule has 0 bridgehead atoms. The summed E-state index contributed by atoms with van der Waals surface area (Å²) in [5.74, 6) is -2.47. The molecule has 0 aliphatic carbocycles. The number of carboxylic acid groups (broad SMARTS) is 1. The lowest BCUT2D eigenvalue weighted by molar-refractivity contribution is 0.0691. The zero-order valence-corrected chi connectivity index (χ0v) is 13.0. The molecule has 0 aromatic heterocycles. The average Bonchev–Trinajstić information content (AvgIpc) is 2.83. The quantitative estimate of drug-likeness (QED) is 0.936. The number of halogens is 1. The lowest BCUT2D eigenvalue weighted by Gasteiger charge is -2.24. The first kappa shape index (κ1) is 15.5. The molecule has 0 amide bonds. The number of sulfonamides is 1. The van der Waals surface area contributed by atoms with Gasteiger partial charge in [0.05, 0.1) is 16.1 Å². The van der Waals surface area contributed by atoms with Crippen molar-refractivity contribution in [3.05, 3.63) is 59.4 Å². The number of para-hydroxylation sites is 1. The van der Waals surface area contributed by atoms with E-state index < -0.39 is 27.4 Å². The molecule has 1 N–H and O–H groups in total. The van der Waals surface area contributed by atoms with Crippen LogP contribution < -0.4 is 4.31 Å². The summed E-state index contributed by atoms with van der Waals surface area (Å²) in [6.07, 6.45) is 0.572. The molecule has 2 aromatic carbocycles. The topological polar surface area (TPSA) is 74.7 Å². The number of hydrogen-bond donors (Lipinski definition) is 1. The smallest absolute Gasteiger partial charge is 0.338 e. The molecule has 1 aliphatic rings. The van der Waals surface area contributed by atoms with E-state index in [2.05, 4.69) is 0 Å². The Hall–Kier alpha value is -2.41. The molecule has 1 aliphatic heterocycles. The second kappa shape index (κ2) is 5.34. The molecular weight excluding hydrogens is 321 g/mol. The van der Waals surface area contributed by atoms with E-state index in [1.54, 1.807) is 19.1 Å². The van der Waals surface area contributed by atoms with Crippen LogP contribution in [0, 0.1) is 5.82 Å². The van der Waals surface area contributed by atoms with Crippen LogP contribution in [0.2, 0.25) is 0 Å². The summed E-state index contributed by atoms with van der Waals surface area (Å²) in [7, 11) is -3.97. The number of rotatable bonds is 3. The van der Waals surface area contributed by atoms with Gasteiger partial charge in [0.2, 0.25) is 0 Å². The molecule has 0 saturated carbocycles. The number of fused-ring (bicyclic) bond motifs is 1. The van der Waals surface area contributed by atoms with Crippen molar-refractivity contribution in [1.82, 2.24) is 0 Å². The largest absolute Gasteiger partial charge is 0.478 e. The first-order chi connectivity index (χ1) is 10.8. The van der Waals surface area contributed by atoms with Gasteiger partial charge >= 0.3 is 5.97 Å². The summed E-state index contributed by atoms with van der Waals surface area (Å²) in [4.78, 5) is 10.8. The highest BCUT2D eigenvalue weighted by atomic mass is 32.2. The molecule has 0 saturated heterocycles. The number of anilines is 1. The monoisotopic (exact) mass is 335 g/mol. The van der Waals surface area contributed by atoms with E-state index in [1.807, 2.05) is 12.1 Å². The van der Waals surface area contributed by atoms with Gasteiger partial charge in [0.15, 0.2) is 0 Å². The molecule has 3 rings (SSSR count). The normalized spacial score (nSPS) is 17.1. The minimum atomic E-state index is -3.97. The van der Waals surface area contributed by atoms with Crippen molar-refractivity contribution in [2.75, 3.05) is 4.31 Å². The maximum atomic E-state index is 13.5. The number of carbonyl (C=O) groups is 1. The Labute approximate surface area is 133 Å². The Bertz CT molecular complexity index is 895. The van der Waals surface area contributed by atoms with Gasteiger partial charge < -0.3 is 5.11 Å². The highest BCUT2D eigenvalue weighted by molar-refractivity contribution is 7.92. The average molecular weight is 335 g/mol. The summed E-state index contributed by atoms with van der Waals surface area (Å²) in [6.45, 7) is 1.78. The number of benzene rings is 2. The van der Waals surface area contributed by atoms with E-state index in [0.717, 1.165) is 23.8 Å². The Morgan fingerprint density at radius 2 is 1.96 bits per heavy atom. The van der Waals surface area contributed by atoms with Gasteiger partial charge in [-0.15, -0.1) is 0 Å². The van der Waals surface area contributed by atoms with Crippen molar-refractivity contribution >= 4 is 21.7 Å². The van der Waals surface area contributed by atoms with Crippen molar-refractivity contribution in [2.24, 2.45) is 0 Å². The van der Waals surface area contributed by atoms with Crippen molar-refractivity contribution in [3.8, 4) is 0 Å². The van der Waals surface area contributed by atoms with Gasteiger partial charge in [0, 0.05) is 6.04 Å². The second-order valence-corrected chi connectivity index (χ2v) is 7.24. The van der Waals surface area contributed by atoms with Crippen LogP contribution in [0.4, 0.5) is 10.1 Å². The molecule has 5 nitrogen and oxygen atoms in total. The Balaban J connectivity index is 2.13. The minimum absolute atomic E-state index is 0.236. The summed E-state index contributed by atoms with van der Waals surface area (Å²) < 4.78 is 40.6. The zero-order valence-electron chi connectivity index (χ0n) is 12.2. The number of aromatic carboxylic acids is 1. The number of nitrogens with zero attached hydrogens (tertiary/aromatic N) is 1. The molecule has 23 heavy (non-hydrogen) atoms. The van der Waals surface area contributed by atoms with Crippen molar-refractivity contribution in [1.29, 1.82) is 0 Å². The lowest BCUT2D eigenvalue weighted by atomic mass is 10.1. The van der Waals surface area contributed by atoms with E-state index >= 15 is 0 Å². The van der Waals surface area contributed by atoms with Crippen LogP contribution >= 0.6 is 0 Å². The predicted molar refractivity (Wildman–Crippen MR) is 82.6 cm³/mol. The molecule has 0 spiro atoms. The standard InChI is InChI=1S/C16H14FNO4S/c1-10-8-11-4-2-3-5-15(11)18(10)23(21,22)12-6-7-14(17)13(9-12)16(19)20/h2-7,9-10H,8H2,1H3,(H,19,20)/t10-/m0/s1. The molecule has 1 atom stereocenters. The molecule has 7 heteroatoms. The fourth-order valence-electron chi connectivity index (χ4n) is 2.85. The SMILES string of the molecule is C[C@H]1Cc2ccccc2N1S(=O)(=O)c1ccc(F)c(C(=O)O)c1. The van der Waals surface area contributed by atoms with Crippen LogP contribution in [0.15, 0.2) is 47.4 Å². The van der Waals surface area contributed by atoms with Gasteiger partial charge in [-0.2, -0.15) is 0 Å². The number of carboxylic acids is 1. The lowest BCUT2D eigenvalue weighted by Crippen LogP contribution is -2.35. The highest BCUT2D eigenvalue weighted by Crippen LogP contribution is 2.36. The molecule has 120 valence electrons. The molecule has 1 heterocycles. The predicted octanol–water partition coefficient (Wildman–Crippen LogP) is 2.66. The Morgan fingerprint density at radius 3 is 2.65 bits per heavy atom. The van der Waals surface area contributed by atoms with Crippen LogP contribution in [0.3, 0.4) is 0 Å². The van der Waals surface area contributed by atoms with Crippen LogP contribution in [0.1, 0.15) is 22.8 Å². The summed E-state index contributed by atoms with van der Waals surface area (Å²) in [5.41, 5.74) is 0.816. The van der Waals surface area contributed by atoms with Gasteiger partial charge in [-0.1, -0.05) is 18.2 Å². The third kappa shape index (κ3) is 2.46. The molecular formula is C16H14FNO4S. The van der Waals surface area contributed by atoms with Gasteiger partial charge in [-0.25, -0.2) is 17.6 Å². The maximum Gasteiger partial charge on any atom is 0.338 e. The van der Waals surface area contributed by atoms with E-state index in [1.165, 1.54) is 4.31 Å². The highest BCUT2D eigenvalue weighted by Gasteiger charge is 2.36. The zero-order chi connectivity index (χ0) is 16.8. The third-order valence-corrected chi connectivity index (χ3v) is 5.79. The van der Waals surface area contributed by atoms with E-state index in [-0.39, 0.29) is 10.9 Å². The first-order valence-electron chi connectivity index (χ1n) is 6.97. The third-order valence-electron chi connectivity index (χ3n) is 3.87. The van der Waals surface area contributed by atoms with E-state index in [0.29, 0.717) is 12.1 Å². The molecule has 2 aromatic rings. The maximum absolute atomic E-state index is 13.5. The summed E-state index contributed by atoms with van der Waals surface area (Å²) in [6, 6.07) is 9.66. The van der Waals surface area contributed by atoms with Crippen molar-refractivity contribution < 1.29 is 22.7 Å². The van der Waals surface area contributed by atoms with Crippen LogP contribution in [-0.2, 0) is 16.4 Å². The van der Waals surface area contributed by atoms with Crippen molar-refractivity contribution in [2.45, 2.75) is 24.3 Å². The van der Waals surface area contributed by atoms with Crippen LogP contribution in [-0.4, -0.2) is 25.5 Å². The van der Waals surface area contributed by atoms with Gasteiger partial charge in [0.25, 0.3) is 10.0 Å². The fraction of sp³-hybridized carbons (Fsp3) is 0.188.